The van der Waals surface area contributed by atoms with Gasteiger partial charge in [-0.05, 0) is 44.0 Å². The molecule has 1 aliphatic heterocycles. The molecule has 4 aromatic heterocycles. The zero-order valence-electron chi connectivity index (χ0n) is 20.1. The molecule has 1 aromatic carbocycles. The fourth-order valence-electron chi connectivity index (χ4n) is 4.45. The lowest BCUT2D eigenvalue weighted by Gasteiger charge is -2.32. The van der Waals surface area contributed by atoms with Gasteiger partial charge in [-0.2, -0.15) is 23.1 Å². The number of aryl methyl sites for hydroxylation is 1. The molecule has 1 aliphatic rings. The summed E-state index contributed by atoms with van der Waals surface area (Å²) in [7, 11) is 0. The van der Waals surface area contributed by atoms with E-state index in [4.69, 9.17) is 9.97 Å². The molecule has 194 valence electrons. The maximum atomic E-state index is 12.8. The van der Waals surface area contributed by atoms with Crippen LogP contribution < -0.4 is 10.2 Å². The van der Waals surface area contributed by atoms with Crippen LogP contribution in [0.25, 0.3) is 22.3 Å². The van der Waals surface area contributed by atoms with E-state index in [9.17, 15) is 13.2 Å². The van der Waals surface area contributed by atoms with Crippen molar-refractivity contribution in [2.75, 3.05) is 23.3 Å². The van der Waals surface area contributed by atoms with Crippen molar-refractivity contribution in [2.24, 2.45) is 0 Å². The van der Waals surface area contributed by atoms with Gasteiger partial charge in [0, 0.05) is 52.9 Å². The van der Waals surface area contributed by atoms with E-state index in [1.54, 1.807) is 23.5 Å². The number of fused-ring (bicyclic) bond motifs is 1. The number of para-hydroxylation sites is 1. The Morgan fingerprint density at radius 3 is 2.66 bits per heavy atom. The number of thiazole rings is 1. The topological polar surface area (TPSA) is 106 Å². The Bertz CT molecular complexity index is 1580. The molecule has 13 heteroatoms. The zero-order valence-corrected chi connectivity index (χ0v) is 20.9. The summed E-state index contributed by atoms with van der Waals surface area (Å²) in [6.45, 7) is 3.45. The zero-order chi connectivity index (χ0) is 26.3. The summed E-state index contributed by atoms with van der Waals surface area (Å²) in [5.74, 6) is -0.118. The Kier molecular flexibility index (Phi) is 6.14. The monoisotopic (exact) mass is 538 g/mol. The van der Waals surface area contributed by atoms with Crippen molar-refractivity contribution in [3.8, 4) is 11.4 Å². The minimum Gasteiger partial charge on any atom is -0.340 e. The molecule has 0 spiro atoms. The molecule has 0 amide bonds. The van der Waals surface area contributed by atoms with Crippen LogP contribution in [-0.2, 0) is 6.18 Å². The van der Waals surface area contributed by atoms with Gasteiger partial charge in [0.25, 0.3) is 0 Å². The third kappa shape index (κ3) is 4.88. The van der Waals surface area contributed by atoms with Crippen molar-refractivity contribution in [3.63, 3.8) is 0 Å². The molecule has 1 saturated heterocycles. The van der Waals surface area contributed by atoms with E-state index in [1.165, 1.54) is 6.20 Å². The van der Waals surface area contributed by atoms with Gasteiger partial charge < -0.3 is 14.7 Å². The highest BCUT2D eigenvalue weighted by Gasteiger charge is 2.38. The number of hydrogen-bond acceptors (Lipinski definition) is 10. The predicted molar refractivity (Wildman–Crippen MR) is 136 cm³/mol. The van der Waals surface area contributed by atoms with Gasteiger partial charge in [0.2, 0.25) is 11.8 Å². The Labute approximate surface area is 218 Å². The minimum atomic E-state index is -4.69. The molecule has 9 nitrogen and oxygen atoms in total. The lowest BCUT2D eigenvalue weighted by Crippen LogP contribution is -2.36. The summed E-state index contributed by atoms with van der Waals surface area (Å²) in [6.07, 6.45) is 0.436. The van der Waals surface area contributed by atoms with E-state index in [-0.39, 0.29) is 11.7 Å². The largest absolute Gasteiger partial charge is 0.471 e. The Hall–Kier alpha value is -4.13. The summed E-state index contributed by atoms with van der Waals surface area (Å²) in [5, 5.41) is 8.45. The molecule has 1 atom stereocenters. The van der Waals surface area contributed by atoms with Crippen LogP contribution in [0.4, 0.5) is 30.1 Å². The van der Waals surface area contributed by atoms with Crippen LogP contribution in [0.1, 0.15) is 35.2 Å². The van der Waals surface area contributed by atoms with Gasteiger partial charge in [0.05, 0.1) is 5.52 Å². The summed E-state index contributed by atoms with van der Waals surface area (Å²) < 4.78 is 42.7. The molecule has 0 radical (unpaired) electrons. The van der Waals surface area contributed by atoms with Crippen molar-refractivity contribution in [2.45, 2.75) is 31.9 Å². The van der Waals surface area contributed by atoms with Gasteiger partial charge in [-0.1, -0.05) is 17.3 Å². The number of benzene rings is 1. The SMILES string of the molecule is Cc1cnc(Nc2nc(N3CCC[C@H](c4ccc(-c5noc(C(F)(F)F)n5)cn4)C3)nc3ccccc23)s1. The molecular weight excluding hydrogens is 517 g/mol. The molecule has 0 unspecified atom stereocenters. The predicted octanol–water partition coefficient (Wildman–Crippen LogP) is 5.99. The lowest BCUT2D eigenvalue weighted by atomic mass is 9.94. The van der Waals surface area contributed by atoms with E-state index in [1.807, 2.05) is 37.4 Å². The second-order valence-electron chi connectivity index (χ2n) is 8.97. The second-order valence-corrected chi connectivity index (χ2v) is 10.2. The van der Waals surface area contributed by atoms with Crippen LogP contribution in [0.5, 0.6) is 0 Å². The quantitative estimate of drug-likeness (QED) is 0.289. The lowest BCUT2D eigenvalue weighted by molar-refractivity contribution is -0.159. The van der Waals surface area contributed by atoms with E-state index >= 15 is 0 Å². The van der Waals surface area contributed by atoms with E-state index < -0.39 is 12.1 Å². The third-order valence-electron chi connectivity index (χ3n) is 6.27. The average Bonchev–Trinajstić information content (AvgIpc) is 3.58. The number of nitrogens with zero attached hydrogens (tertiary/aromatic N) is 7. The number of halogens is 3. The average molecular weight is 539 g/mol. The summed E-state index contributed by atoms with van der Waals surface area (Å²) in [5.41, 5.74) is 2.01. The van der Waals surface area contributed by atoms with Crippen LogP contribution in [-0.4, -0.2) is 43.2 Å². The Morgan fingerprint density at radius 2 is 1.92 bits per heavy atom. The first-order valence-corrected chi connectivity index (χ1v) is 12.7. The summed E-state index contributed by atoms with van der Waals surface area (Å²) in [4.78, 5) is 25.3. The third-order valence-corrected chi connectivity index (χ3v) is 7.10. The van der Waals surface area contributed by atoms with Gasteiger partial charge >= 0.3 is 12.1 Å². The second kappa shape index (κ2) is 9.63. The smallest absolute Gasteiger partial charge is 0.340 e. The number of nitrogens with one attached hydrogen (secondary N) is 1. The maximum absolute atomic E-state index is 12.8. The standard InChI is InChI=1S/C25H21F3N8OS/c1-14-11-30-24(38-14)34-21-17-6-2-3-7-19(17)31-23(33-21)36-10-4-5-16(13-36)18-9-8-15(12-29-18)20-32-22(37-35-20)25(26,27)28/h2-3,6-9,11-12,16H,4-5,10,13H2,1H3,(H,30,31,33,34)/t16-/m0/s1. The number of hydrogen-bond donors (Lipinski definition) is 1. The number of rotatable bonds is 5. The van der Waals surface area contributed by atoms with Gasteiger partial charge in [-0.15, -0.1) is 11.3 Å². The van der Waals surface area contributed by atoms with Crippen LogP contribution >= 0.6 is 11.3 Å². The molecule has 1 N–H and O–H groups in total. The number of pyridine rings is 1. The number of piperidine rings is 1. The summed E-state index contributed by atoms with van der Waals surface area (Å²) in [6, 6.07) is 11.3. The Balaban J connectivity index is 1.24. The van der Waals surface area contributed by atoms with Gasteiger partial charge in [-0.3, -0.25) is 4.98 Å². The van der Waals surface area contributed by atoms with Crippen molar-refractivity contribution in [1.29, 1.82) is 0 Å². The molecule has 0 bridgehead atoms. The van der Waals surface area contributed by atoms with E-state index in [0.29, 0.717) is 23.9 Å². The van der Waals surface area contributed by atoms with Crippen LogP contribution in [0.15, 0.2) is 53.3 Å². The fraction of sp³-hybridized carbons (Fsp3) is 0.280. The highest BCUT2D eigenvalue weighted by Crippen LogP contribution is 2.33. The highest BCUT2D eigenvalue weighted by molar-refractivity contribution is 7.15. The van der Waals surface area contributed by atoms with Gasteiger partial charge in [-0.25, -0.2) is 9.97 Å². The Morgan fingerprint density at radius 1 is 1.05 bits per heavy atom. The molecule has 38 heavy (non-hydrogen) atoms. The molecule has 5 heterocycles. The molecule has 5 aromatic rings. The number of aromatic nitrogens is 6. The minimum absolute atomic E-state index is 0.0990. The van der Waals surface area contributed by atoms with E-state index in [0.717, 1.165) is 46.0 Å². The molecule has 6 rings (SSSR count). The molecule has 0 saturated carbocycles. The normalized spacial score (nSPS) is 16.2. The van der Waals surface area contributed by atoms with Gasteiger partial charge in [0.1, 0.15) is 5.82 Å². The van der Waals surface area contributed by atoms with Crippen LogP contribution in [0.2, 0.25) is 0 Å². The highest BCUT2D eigenvalue weighted by atomic mass is 32.1. The van der Waals surface area contributed by atoms with Crippen molar-refractivity contribution in [3.05, 3.63) is 65.3 Å². The van der Waals surface area contributed by atoms with Crippen molar-refractivity contribution < 1.29 is 17.7 Å². The fourth-order valence-corrected chi connectivity index (χ4v) is 5.11. The van der Waals surface area contributed by atoms with Gasteiger partial charge in [0.15, 0.2) is 5.13 Å². The first-order chi connectivity index (χ1) is 18.3. The molecule has 1 fully saturated rings. The van der Waals surface area contributed by atoms with E-state index in [2.05, 4.69) is 34.8 Å². The first-order valence-electron chi connectivity index (χ1n) is 11.9. The number of anilines is 3. The van der Waals surface area contributed by atoms with Crippen LogP contribution in [0, 0.1) is 6.92 Å². The molecule has 0 aliphatic carbocycles. The van der Waals surface area contributed by atoms with Crippen molar-refractivity contribution in [1.82, 2.24) is 30.1 Å². The van der Waals surface area contributed by atoms with Crippen LogP contribution in [0.3, 0.4) is 0 Å². The van der Waals surface area contributed by atoms with Crippen molar-refractivity contribution >= 4 is 39.1 Å². The summed E-state index contributed by atoms with van der Waals surface area (Å²) >= 11 is 1.56. The number of alkyl halides is 3. The maximum Gasteiger partial charge on any atom is 0.471 e. The molecular formula is C25H21F3N8OS. The first kappa shape index (κ1) is 24.2.